The van der Waals surface area contributed by atoms with Gasteiger partial charge in [0.1, 0.15) is 0 Å². The predicted molar refractivity (Wildman–Crippen MR) is 76.6 cm³/mol. The van der Waals surface area contributed by atoms with Crippen LogP contribution in [0.25, 0.3) is 11.3 Å². The second-order valence-corrected chi connectivity index (χ2v) is 5.71. The lowest BCUT2D eigenvalue weighted by molar-refractivity contribution is 0.272. The van der Waals surface area contributed by atoms with E-state index in [2.05, 4.69) is 16.8 Å². The minimum absolute atomic E-state index is 0.914. The summed E-state index contributed by atoms with van der Waals surface area (Å²) in [5.74, 6) is 0. The average Bonchev–Trinajstić information content (AvgIpc) is 2.74. The average molecular weight is 259 g/mol. The maximum atomic E-state index is 6.20. The number of thiophene rings is 1. The van der Waals surface area contributed by atoms with Crippen LogP contribution < -0.4 is 5.73 Å². The molecule has 0 atom stereocenters. The van der Waals surface area contributed by atoms with E-state index in [4.69, 9.17) is 5.73 Å². The molecule has 0 saturated carbocycles. The second kappa shape index (κ2) is 4.71. The number of likely N-dealkylation sites (N-methyl/N-ethyl adjacent to an activating group) is 1. The minimum atomic E-state index is 0.914. The van der Waals surface area contributed by atoms with Crippen LogP contribution in [0.3, 0.4) is 0 Å². The van der Waals surface area contributed by atoms with Crippen molar-refractivity contribution in [3.8, 4) is 11.3 Å². The molecule has 0 aromatic carbocycles. The fourth-order valence-corrected chi connectivity index (χ4v) is 3.71. The molecule has 4 heteroatoms. The first kappa shape index (κ1) is 11.7. The largest absolute Gasteiger partial charge is 0.390 e. The van der Waals surface area contributed by atoms with Gasteiger partial charge in [0.15, 0.2) is 0 Å². The summed E-state index contributed by atoms with van der Waals surface area (Å²) >= 11 is 1.73. The summed E-state index contributed by atoms with van der Waals surface area (Å²) in [6, 6.07) is 6.01. The van der Waals surface area contributed by atoms with Crippen LogP contribution in [0.5, 0.6) is 0 Å². The number of hydrogen-bond donors (Lipinski definition) is 1. The third kappa shape index (κ3) is 1.91. The van der Waals surface area contributed by atoms with Gasteiger partial charge in [0.25, 0.3) is 0 Å². The Morgan fingerprint density at radius 2 is 2.33 bits per heavy atom. The highest BCUT2D eigenvalue weighted by Gasteiger charge is 2.23. The fourth-order valence-electron chi connectivity index (χ4n) is 2.54. The molecule has 3 heterocycles. The number of hydrogen-bond acceptors (Lipinski definition) is 4. The van der Waals surface area contributed by atoms with Gasteiger partial charge in [-0.15, -0.1) is 11.3 Å². The van der Waals surface area contributed by atoms with Gasteiger partial charge in [-0.1, -0.05) is 13.0 Å². The number of fused-ring (bicyclic) bond motifs is 1. The molecule has 0 saturated heterocycles. The predicted octanol–water partition coefficient (Wildman–Crippen LogP) is 2.77. The van der Waals surface area contributed by atoms with Gasteiger partial charge in [-0.25, -0.2) is 0 Å². The number of rotatable bonds is 2. The maximum Gasteiger partial charge on any atom is 0.0958 e. The van der Waals surface area contributed by atoms with E-state index in [9.17, 15) is 0 Å². The maximum absolute atomic E-state index is 6.20. The Balaban J connectivity index is 2.05. The van der Waals surface area contributed by atoms with Gasteiger partial charge in [0.05, 0.1) is 10.7 Å². The molecule has 18 heavy (non-hydrogen) atoms. The molecular weight excluding hydrogens is 242 g/mol. The molecule has 3 rings (SSSR count). The molecule has 1 aliphatic heterocycles. The summed E-state index contributed by atoms with van der Waals surface area (Å²) < 4.78 is 0. The van der Waals surface area contributed by atoms with E-state index in [0.29, 0.717) is 0 Å². The number of anilines is 1. The SMILES string of the molecule is CCN1CCc2c(sc(N)c2-c2ccccn2)C1. The van der Waals surface area contributed by atoms with Gasteiger partial charge in [0, 0.05) is 29.7 Å². The second-order valence-electron chi connectivity index (χ2n) is 4.58. The third-order valence-corrected chi connectivity index (χ3v) is 4.58. The smallest absolute Gasteiger partial charge is 0.0958 e. The van der Waals surface area contributed by atoms with E-state index < -0.39 is 0 Å². The van der Waals surface area contributed by atoms with Crippen LogP contribution in [-0.4, -0.2) is 23.0 Å². The van der Waals surface area contributed by atoms with Crippen molar-refractivity contribution in [1.29, 1.82) is 0 Å². The van der Waals surface area contributed by atoms with E-state index in [0.717, 1.165) is 36.8 Å². The summed E-state index contributed by atoms with van der Waals surface area (Å²) in [5.41, 5.74) is 9.80. The first-order valence-corrected chi connectivity index (χ1v) is 7.15. The standard InChI is InChI=1S/C14H17N3S/c1-2-17-8-6-10-12(9-17)18-14(15)13(10)11-5-3-4-7-16-11/h3-5,7H,2,6,8-9,15H2,1H3. The van der Waals surface area contributed by atoms with E-state index >= 15 is 0 Å². The lowest BCUT2D eigenvalue weighted by Crippen LogP contribution is -2.29. The first-order chi connectivity index (χ1) is 8.79. The zero-order valence-electron chi connectivity index (χ0n) is 10.5. The molecule has 0 fully saturated rings. The van der Waals surface area contributed by atoms with Crippen molar-refractivity contribution in [3.05, 3.63) is 34.8 Å². The Kier molecular flexibility index (Phi) is 3.06. The van der Waals surface area contributed by atoms with Gasteiger partial charge in [-0.2, -0.15) is 0 Å². The molecule has 2 aromatic rings. The number of nitrogens with two attached hydrogens (primary N) is 1. The van der Waals surface area contributed by atoms with Gasteiger partial charge >= 0.3 is 0 Å². The van der Waals surface area contributed by atoms with Crippen LogP contribution in [0.15, 0.2) is 24.4 Å². The highest BCUT2D eigenvalue weighted by atomic mass is 32.1. The van der Waals surface area contributed by atoms with Gasteiger partial charge in [-0.05, 0) is 30.7 Å². The van der Waals surface area contributed by atoms with Crippen molar-refractivity contribution < 1.29 is 0 Å². The molecule has 94 valence electrons. The van der Waals surface area contributed by atoms with Crippen LogP contribution in [-0.2, 0) is 13.0 Å². The Labute approximate surface area is 111 Å². The molecule has 0 amide bonds. The molecular formula is C14H17N3S. The van der Waals surface area contributed by atoms with Crippen molar-refractivity contribution in [1.82, 2.24) is 9.88 Å². The monoisotopic (exact) mass is 259 g/mol. The van der Waals surface area contributed by atoms with Crippen molar-refractivity contribution in [2.45, 2.75) is 19.9 Å². The summed E-state index contributed by atoms with van der Waals surface area (Å²) in [5, 5.41) is 0.914. The Morgan fingerprint density at radius 1 is 1.44 bits per heavy atom. The number of nitrogen functional groups attached to an aromatic ring is 1. The summed E-state index contributed by atoms with van der Waals surface area (Å²) in [4.78, 5) is 8.32. The Bertz CT molecular complexity index is 548. The molecule has 0 unspecified atom stereocenters. The molecule has 0 radical (unpaired) electrons. The quantitative estimate of drug-likeness (QED) is 0.901. The van der Waals surface area contributed by atoms with Gasteiger partial charge in [0.2, 0.25) is 0 Å². The topological polar surface area (TPSA) is 42.1 Å². The van der Waals surface area contributed by atoms with Gasteiger partial charge < -0.3 is 5.73 Å². The van der Waals surface area contributed by atoms with Crippen molar-refractivity contribution >= 4 is 16.3 Å². The van der Waals surface area contributed by atoms with E-state index in [1.807, 2.05) is 24.4 Å². The van der Waals surface area contributed by atoms with Crippen LogP contribution >= 0.6 is 11.3 Å². The number of nitrogens with zero attached hydrogens (tertiary/aromatic N) is 2. The van der Waals surface area contributed by atoms with E-state index in [-0.39, 0.29) is 0 Å². The van der Waals surface area contributed by atoms with Crippen LogP contribution in [0, 0.1) is 0 Å². The zero-order valence-corrected chi connectivity index (χ0v) is 11.3. The first-order valence-electron chi connectivity index (χ1n) is 6.33. The van der Waals surface area contributed by atoms with E-state index in [1.165, 1.54) is 16.0 Å². The Hall–Kier alpha value is -1.39. The van der Waals surface area contributed by atoms with Crippen molar-refractivity contribution in [2.24, 2.45) is 0 Å². The van der Waals surface area contributed by atoms with Crippen LogP contribution in [0.1, 0.15) is 17.4 Å². The highest BCUT2D eigenvalue weighted by Crippen LogP contribution is 2.40. The molecule has 2 N–H and O–H groups in total. The van der Waals surface area contributed by atoms with Gasteiger partial charge in [-0.3, -0.25) is 9.88 Å². The lowest BCUT2D eigenvalue weighted by Gasteiger charge is -2.25. The lowest BCUT2D eigenvalue weighted by atomic mass is 10.0. The molecule has 3 nitrogen and oxygen atoms in total. The molecule has 1 aliphatic rings. The normalized spacial score (nSPS) is 15.6. The molecule has 0 aliphatic carbocycles. The minimum Gasteiger partial charge on any atom is -0.390 e. The van der Waals surface area contributed by atoms with E-state index in [1.54, 1.807) is 11.3 Å². The third-order valence-electron chi connectivity index (χ3n) is 3.53. The number of pyridine rings is 1. The summed E-state index contributed by atoms with van der Waals surface area (Å²) in [6.45, 7) is 5.48. The highest BCUT2D eigenvalue weighted by molar-refractivity contribution is 7.16. The molecule has 2 aromatic heterocycles. The molecule has 0 spiro atoms. The zero-order chi connectivity index (χ0) is 12.5. The van der Waals surface area contributed by atoms with Crippen molar-refractivity contribution in [3.63, 3.8) is 0 Å². The van der Waals surface area contributed by atoms with Crippen molar-refractivity contribution in [2.75, 3.05) is 18.8 Å². The summed E-state index contributed by atoms with van der Waals surface area (Å²) in [7, 11) is 0. The Morgan fingerprint density at radius 3 is 3.06 bits per heavy atom. The summed E-state index contributed by atoms with van der Waals surface area (Å²) in [6.07, 6.45) is 2.92. The fraction of sp³-hybridized carbons (Fsp3) is 0.357. The van der Waals surface area contributed by atoms with Crippen LogP contribution in [0.4, 0.5) is 5.00 Å². The van der Waals surface area contributed by atoms with Crippen LogP contribution in [0.2, 0.25) is 0 Å². The number of aromatic nitrogens is 1. The molecule has 0 bridgehead atoms.